The summed E-state index contributed by atoms with van der Waals surface area (Å²) in [4.78, 5) is 13.0. The molecule has 0 bridgehead atoms. The van der Waals surface area contributed by atoms with Gasteiger partial charge in [0.25, 0.3) is 0 Å². The molecule has 2 rings (SSSR count). The predicted octanol–water partition coefficient (Wildman–Crippen LogP) is 2.42. The van der Waals surface area contributed by atoms with E-state index in [4.69, 9.17) is 0 Å². The first-order chi connectivity index (χ1) is 8.84. The van der Waals surface area contributed by atoms with Crippen molar-refractivity contribution < 1.29 is 18.0 Å². The minimum absolute atomic E-state index is 0.0127. The van der Waals surface area contributed by atoms with E-state index in [2.05, 4.69) is 5.32 Å². The average molecular weight is 272 g/mol. The number of fused-ring (bicyclic) bond motifs is 1. The maximum atomic E-state index is 12.8. The van der Waals surface area contributed by atoms with Crippen molar-refractivity contribution in [2.24, 2.45) is 0 Å². The molecule has 1 aliphatic rings. The Labute approximate surface area is 109 Å². The minimum atomic E-state index is -4.33. The Morgan fingerprint density at radius 3 is 2.58 bits per heavy atom. The first-order valence-electron chi connectivity index (χ1n) is 5.98. The lowest BCUT2D eigenvalue weighted by molar-refractivity contribution is -0.156. The third-order valence-corrected chi connectivity index (χ3v) is 3.40. The Morgan fingerprint density at radius 2 is 2.00 bits per heavy atom. The average Bonchev–Trinajstić information content (AvgIpc) is 2.33. The Balaban J connectivity index is 2.39. The van der Waals surface area contributed by atoms with Crippen LogP contribution in [0.15, 0.2) is 18.2 Å². The molecular weight excluding hydrogens is 257 g/mol. The van der Waals surface area contributed by atoms with Gasteiger partial charge in [-0.1, -0.05) is 12.1 Å². The van der Waals surface area contributed by atoms with Crippen molar-refractivity contribution in [2.45, 2.75) is 25.1 Å². The number of benzene rings is 1. The van der Waals surface area contributed by atoms with E-state index in [9.17, 15) is 18.0 Å². The second-order valence-corrected chi connectivity index (χ2v) is 4.60. The molecule has 1 atom stereocenters. The van der Waals surface area contributed by atoms with Gasteiger partial charge in [-0.15, -0.1) is 0 Å². The summed E-state index contributed by atoms with van der Waals surface area (Å²) in [6.45, 7) is 0. The van der Waals surface area contributed by atoms with Crippen LogP contribution in [0.5, 0.6) is 0 Å². The third kappa shape index (κ3) is 2.58. The maximum absolute atomic E-state index is 12.8. The van der Waals surface area contributed by atoms with Crippen LogP contribution < -0.4 is 10.2 Å². The number of nitrogens with zero attached hydrogens (tertiary/aromatic N) is 1. The minimum Gasteiger partial charge on any atom is -0.315 e. The van der Waals surface area contributed by atoms with Crippen LogP contribution >= 0.6 is 0 Å². The molecule has 0 saturated carbocycles. The lowest BCUT2D eigenvalue weighted by Gasteiger charge is -2.27. The highest BCUT2D eigenvalue weighted by Crippen LogP contribution is 2.35. The number of aryl methyl sites for hydroxylation is 1. The summed E-state index contributed by atoms with van der Waals surface area (Å²) in [6.07, 6.45) is -3.51. The summed E-state index contributed by atoms with van der Waals surface area (Å²) < 4.78 is 38.5. The highest BCUT2D eigenvalue weighted by Gasteiger charge is 2.40. The summed E-state index contributed by atoms with van der Waals surface area (Å²) >= 11 is 0. The second kappa shape index (κ2) is 4.85. The molecule has 0 fully saturated rings. The van der Waals surface area contributed by atoms with Gasteiger partial charge in [0.1, 0.15) is 6.04 Å². The highest BCUT2D eigenvalue weighted by molar-refractivity contribution is 5.95. The molecule has 1 unspecified atom stereocenters. The highest BCUT2D eigenvalue weighted by atomic mass is 19.4. The molecule has 1 heterocycles. The standard InChI is InChI=1S/C13H15F3N2O/c1-17-12(13(14,15)16)9-3-5-10-8(7-9)4-6-11(19)18(10)2/h3,5,7,12,17H,4,6H2,1-2H3. The van der Waals surface area contributed by atoms with Crippen molar-refractivity contribution in [3.63, 3.8) is 0 Å². The zero-order chi connectivity index (χ0) is 14.2. The quantitative estimate of drug-likeness (QED) is 0.896. The van der Waals surface area contributed by atoms with Crippen LogP contribution in [0.4, 0.5) is 18.9 Å². The van der Waals surface area contributed by atoms with Crippen LogP contribution in [-0.4, -0.2) is 26.2 Å². The van der Waals surface area contributed by atoms with Gasteiger partial charge < -0.3 is 10.2 Å². The first kappa shape index (κ1) is 13.9. The summed E-state index contributed by atoms with van der Waals surface area (Å²) in [7, 11) is 2.92. The number of halogens is 3. The molecular formula is C13H15F3N2O. The van der Waals surface area contributed by atoms with Gasteiger partial charge in [0, 0.05) is 19.2 Å². The second-order valence-electron chi connectivity index (χ2n) is 4.60. The molecule has 0 aliphatic carbocycles. The van der Waals surface area contributed by atoms with E-state index >= 15 is 0 Å². The smallest absolute Gasteiger partial charge is 0.315 e. The number of alkyl halides is 3. The fourth-order valence-electron chi connectivity index (χ4n) is 2.38. The van der Waals surface area contributed by atoms with Crippen LogP contribution in [0, 0.1) is 0 Å². The Morgan fingerprint density at radius 1 is 1.32 bits per heavy atom. The Bertz CT molecular complexity index is 499. The number of carbonyl (C=O) groups is 1. The van der Waals surface area contributed by atoms with E-state index in [0.717, 1.165) is 5.56 Å². The van der Waals surface area contributed by atoms with E-state index in [1.165, 1.54) is 24.1 Å². The zero-order valence-corrected chi connectivity index (χ0v) is 10.7. The molecule has 3 nitrogen and oxygen atoms in total. The molecule has 0 spiro atoms. The van der Waals surface area contributed by atoms with E-state index in [-0.39, 0.29) is 11.5 Å². The van der Waals surface area contributed by atoms with E-state index < -0.39 is 12.2 Å². The van der Waals surface area contributed by atoms with Gasteiger partial charge >= 0.3 is 6.18 Å². The lowest BCUT2D eigenvalue weighted by Crippen LogP contribution is -2.33. The third-order valence-electron chi connectivity index (χ3n) is 3.40. The number of amides is 1. The van der Waals surface area contributed by atoms with Gasteiger partial charge in [0.15, 0.2) is 0 Å². The van der Waals surface area contributed by atoms with Gasteiger partial charge in [-0.2, -0.15) is 13.2 Å². The molecule has 19 heavy (non-hydrogen) atoms. The maximum Gasteiger partial charge on any atom is 0.407 e. The molecule has 0 radical (unpaired) electrons. The first-order valence-corrected chi connectivity index (χ1v) is 5.98. The summed E-state index contributed by atoms with van der Waals surface area (Å²) in [5.41, 5.74) is 1.65. The fourth-order valence-corrected chi connectivity index (χ4v) is 2.38. The van der Waals surface area contributed by atoms with Gasteiger partial charge in [-0.25, -0.2) is 0 Å². The van der Waals surface area contributed by atoms with E-state index in [1.807, 2.05) is 0 Å². The molecule has 1 N–H and O–H groups in total. The van der Waals surface area contributed by atoms with Crippen LogP contribution in [0.3, 0.4) is 0 Å². The van der Waals surface area contributed by atoms with Crippen molar-refractivity contribution >= 4 is 11.6 Å². The zero-order valence-electron chi connectivity index (χ0n) is 10.7. The van der Waals surface area contributed by atoms with Crippen LogP contribution in [0.1, 0.15) is 23.6 Å². The Kier molecular flexibility index (Phi) is 3.54. The molecule has 0 aromatic heterocycles. The fraction of sp³-hybridized carbons (Fsp3) is 0.462. The predicted molar refractivity (Wildman–Crippen MR) is 66.0 cm³/mol. The molecule has 1 aromatic rings. The number of rotatable bonds is 2. The van der Waals surface area contributed by atoms with Crippen molar-refractivity contribution in [3.05, 3.63) is 29.3 Å². The van der Waals surface area contributed by atoms with Crippen molar-refractivity contribution in [1.82, 2.24) is 5.32 Å². The number of anilines is 1. The number of hydrogen-bond acceptors (Lipinski definition) is 2. The number of nitrogens with one attached hydrogen (secondary N) is 1. The molecule has 6 heteroatoms. The lowest BCUT2D eigenvalue weighted by atomic mass is 9.96. The van der Waals surface area contributed by atoms with Crippen molar-refractivity contribution in [3.8, 4) is 0 Å². The SMILES string of the molecule is CNC(c1ccc2c(c1)CCC(=O)N2C)C(F)(F)F. The van der Waals surface area contributed by atoms with Crippen LogP contribution in [-0.2, 0) is 11.2 Å². The van der Waals surface area contributed by atoms with E-state index in [1.54, 1.807) is 13.1 Å². The summed E-state index contributed by atoms with van der Waals surface area (Å²) in [5, 5.41) is 2.28. The molecule has 1 aliphatic heterocycles. The van der Waals surface area contributed by atoms with Gasteiger partial charge in [0.2, 0.25) is 5.91 Å². The molecule has 0 saturated heterocycles. The Hall–Kier alpha value is -1.56. The molecule has 1 aromatic carbocycles. The van der Waals surface area contributed by atoms with Crippen LogP contribution in [0.25, 0.3) is 0 Å². The summed E-state index contributed by atoms with van der Waals surface area (Å²) in [5.74, 6) is -0.0127. The number of hydrogen-bond donors (Lipinski definition) is 1. The van der Waals surface area contributed by atoms with Gasteiger partial charge in [0.05, 0.1) is 0 Å². The summed E-state index contributed by atoms with van der Waals surface area (Å²) in [6, 6.07) is 2.86. The molecule has 104 valence electrons. The topological polar surface area (TPSA) is 32.3 Å². The van der Waals surface area contributed by atoms with Crippen molar-refractivity contribution in [2.75, 3.05) is 19.0 Å². The monoisotopic (exact) mass is 272 g/mol. The van der Waals surface area contributed by atoms with Gasteiger partial charge in [-0.3, -0.25) is 4.79 Å². The van der Waals surface area contributed by atoms with Crippen molar-refractivity contribution in [1.29, 1.82) is 0 Å². The van der Waals surface area contributed by atoms with Gasteiger partial charge in [-0.05, 0) is 30.7 Å². The number of carbonyl (C=O) groups excluding carboxylic acids is 1. The van der Waals surface area contributed by atoms with Crippen LogP contribution in [0.2, 0.25) is 0 Å². The molecule has 1 amide bonds. The normalized spacial score (nSPS) is 17.3. The largest absolute Gasteiger partial charge is 0.407 e. The van der Waals surface area contributed by atoms with E-state index in [0.29, 0.717) is 18.5 Å².